The van der Waals surface area contributed by atoms with Crippen molar-refractivity contribution < 1.29 is 4.79 Å². The van der Waals surface area contributed by atoms with Gasteiger partial charge in [-0.1, -0.05) is 56.3 Å². The molecule has 2 N–H and O–H groups in total. The van der Waals surface area contributed by atoms with Gasteiger partial charge in [-0.05, 0) is 36.1 Å². The van der Waals surface area contributed by atoms with E-state index in [0.29, 0.717) is 0 Å². The molecule has 2 rings (SSSR count). The third kappa shape index (κ3) is 3.93. The van der Waals surface area contributed by atoms with Crippen molar-refractivity contribution in [2.45, 2.75) is 39.3 Å². The molecule has 0 aliphatic rings. The quantitative estimate of drug-likeness (QED) is 0.854. The predicted octanol–water partition coefficient (Wildman–Crippen LogP) is 3.54. The molecule has 2 atom stereocenters. The molecule has 126 valence electrons. The maximum Gasteiger partial charge on any atom is 0.235 e. The van der Waals surface area contributed by atoms with Gasteiger partial charge in [0.1, 0.15) is 5.54 Å². The predicted molar refractivity (Wildman–Crippen MR) is 97.4 cm³/mol. The standard InChI is InChI=1S/C20H25N3O/c1-14(2)20(4,13-21)23-19(24)12-22-15(3)17-11-7-9-16-8-5-6-10-18(16)17/h5-11,14-15,22H,12H2,1-4H3,(H,23,24)/t15-,20-/m0/s1. The number of nitrogens with zero attached hydrogens (tertiary/aromatic N) is 1. The number of fused-ring (bicyclic) bond motifs is 1. The summed E-state index contributed by atoms with van der Waals surface area (Å²) in [5.41, 5.74) is 0.314. The van der Waals surface area contributed by atoms with E-state index in [2.05, 4.69) is 41.0 Å². The van der Waals surface area contributed by atoms with Crippen LogP contribution in [0, 0.1) is 17.2 Å². The van der Waals surface area contributed by atoms with Gasteiger partial charge in [-0.25, -0.2) is 0 Å². The van der Waals surface area contributed by atoms with E-state index in [1.165, 1.54) is 10.8 Å². The van der Waals surface area contributed by atoms with Gasteiger partial charge in [0, 0.05) is 6.04 Å². The van der Waals surface area contributed by atoms with E-state index in [0.717, 1.165) is 5.56 Å². The van der Waals surface area contributed by atoms with Crippen molar-refractivity contribution in [2.24, 2.45) is 5.92 Å². The molecule has 0 spiro atoms. The first-order valence-corrected chi connectivity index (χ1v) is 8.30. The number of benzene rings is 2. The fourth-order valence-corrected chi connectivity index (χ4v) is 2.62. The summed E-state index contributed by atoms with van der Waals surface area (Å²) < 4.78 is 0. The number of nitriles is 1. The first-order chi connectivity index (χ1) is 11.4. The lowest BCUT2D eigenvalue weighted by Crippen LogP contribution is -2.51. The van der Waals surface area contributed by atoms with E-state index >= 15 is 0 Å². The van der Waals surface area contributed by atoms with Gasteiger partial charge in [0.05, 0.1) is 12.6 Å². The van der Waals surface area contributed by atoms with Crippen molar-refractivity contribution in [3.8, 4) is 6.07 Å². The third-order valence-electron chi connectivity index (χ3n) is 4.64. The maximum atomic E-state index is 12.2. The molecule has 0 aliphatic heterocycles. The highest BCUT2D eigenvalue weighted by atomic mass is 16.2. The SMILES string of the molecule is CC(C)[C@](C)(C#N)NC(=O)CN[C@@H](C)c1cccc2ccccc12. The first-order valence-electron chi connectivity index (χ1n) is 8.30. The summed E-state index contributed by atoms with van der Waals surface area (Å²) in [7, 11) is 0. The Morgan fingerprint density at radius 3 is 2.50 bits per heavy atom. The van der Waals surface area contributed by atoms with Gasteiger partial charge >= 0.3 is 0 Å². The van der Waals surface area contributed by atoms with Crippen LogP contribution in [0.2, 0.25) is 0 Å². The van der Waals surface area contributed by atoms with E-state index in [1.54, 1.807) is 6.92 Å². The molecule has 0 saturated carbocycles. The molecule has 0 aromatic heterocycles. The molecule has 0 unspecified atom stereocenters. The molecule has 4 heteroatoms. The van der Waals surface area contributed by atoms with Crippen LogP contribution in [0.15, 0.2) is 42.5 Å². The van der Waals surface area contributed by atoms with Gasteiger partial charge < -0.3 is 10.6 Å². The van der Waals surface area contributed by atoms with Crippen LogP contribution < -0.4 is 10.6 Å². The van der Waals surface area contributed by atoms with Crippen LogP contribution in [0.25, 0.3) is 10.8 Å². The molecule has 2 aromatic rings. The van der Waals surface area contributed by atoms with Crippen molar-refractivity contribution >= 4 is 16.7 Å². The largest absolute Gasteiger partial charge is 0.337 e. The molecule has 1 amide bonds. The summed E-state index contributed by atoms with van der Waals surface area (Å²) >= 11 is 0. The number of hydrogen-bond donors (Lipinski definition) is 2. The molecule has 2 aromatic carbocycles. The summed E-state index contributed by atoms with van der Waals surface area (Å²) in [6.07, 6.45) is 0. The minimum absolute atomic E-state index is 0.0363. The van der Waals surface area contributed by atoms with Crippen LogP contribution in [-0.2, 0) is 4.79 Å². The van der Waals surface area contributed by atoms with Gasteiger partial charge in [-0.15, -0.1) is 0 Å². The van der Waals surface area contributed by atoms with E-state index in [-0.39, 0.29) is 24.4 Å². The molecular formula is C20H25N3O. The van der Waals surface area contributed by atoms with Gasteiger partial charge in [-0.2, -0.15) is 5.26 Å². The Morgan fingerprint density at radius 2 is 1.83 bits per heavy atom. The Morgan fingerprint density at radius 1 is 1.17 bits per heavy atom. The third-order valence-corrected chi connectivity index (χ3v) is 4.64. The zero-order chi connectivity index (χ0) is 17.7. The topological polar surface area (TPSA) is 64.9 Å². The van der Waals surface area contributed by atoms with E-state index in [9.17, 15) is 10.1 Å². The zero-order valence-corrected chi connectivity index (χ0v) is 14.8. The maximum absolute atomic E-state index is 12.2. The van der Waals surface area contributed by atoms with E-state index in [4.69, 9.17) is 0 Å². The van der Waals surface area contributed by atoms with Gasteiger partial charge in [0.15, 0.2) is 0 Å². The normalized spacial score (nSPS) is 14.8. The summed E-state index contributed by atoms with van der Waals surface area (Å²) in [5.74, 6) is -0.123. The highest BCUT2D eigenvalue weighted by molar-refractivity contribution is 5.86. The highest BCUT2D eigenvalue weighted by Gasteiger charge is 2.29. The molecule has 24 heavy (non-hydrogen) atoms. The number of nitrogens with one attached hydrogen (secondary N) is 2. The second-order valence-corrected chi connectivity index (χ2v) is 6.69. The van der Waals surface area contributed by atoms with Crippen LogP contribution in [0.3, 0.4) is 0 Å². The average molecular weight is 323 g/mol. The van der Waals surface area contributed by atoms with Crippen molar-refractivity contribution in [2.75, 3.05) is 6.54 Å². The summed E-state index contributed by atoms with van der Waals surface area (Å²) in [4.78, 5) is 12.2. The second-order valence-electron chi connectivity index (χ2n) is 6.69. The highest BCUT2D eigenvalue weighted by Crippen LogP contribution is 2.23. The number of carbonyl (C=O) groups is 1. The molecule has 0 bridgehead atoms. The average Bonchev–Trinajstić information content (AvgIpc) is 2.58. The number of amides is 1. The molecule has 0 saturated heterocycles. The lowest BCUT2D eigenvalue weighted by molar-refractivity contribution is -0.122. The molecule has 0 fully saturated rings. The van der Waals surface area contributed by atoms with Crippen LogP contribution in [0.4, 0.5) is 0 Å². The number of rotatable bonds is 6. The van der Waals surface area contributed by atoms with Crippen molar-refractivity contribution in [3.05, 3.63) is 48.0 Å². The van der Waals surface area contributed by atoms with Crippen LogP contribution >= 0.6 is 0 Å². The molecule has 0 heterocycles. The van der Waals surface area contributed by atoms with Crippen molar-refractivity contribution in [1.29, 1.82) is 5.26 Å². The summed E-state index contributed by atoms with van der Waals surface area (Å²) in [6, 6.07) is 16.6. The number of hydrogen-bond acceptors (Lipinski definition) is 3. The minimum atomic E-state index is -0.846. The van der Waals surface area contributed by atoms with E-state index in [1.807, 2.05) is 39.0 Å². The summed E-state index contributed by atoms with van der Waals surface area (Å²) in [6.45, 7) is 7.82. The number of carbonyl (C=O) groups excluding carboxylic acids is 1. The molecular weight excluding hydrogens is 298 g/mol. The Balaban J connectivity index is 2.04. The smallest absolute Gasteiger partial charge is 0.235 e. The van der Waals surface area contributed by atoms with Crippen molar-refractivity contribution in [3.63, 3.8) is 0 Å². The Hall–Kier alpha value is -2.38. The Bertz CT molecular complexity index is 758. The monoisotopic (exact) mass is 323 g/mol. The first kappa shape index (κ1) is 18.0. The van der Waals surface area contributed by atoms with Gasteiger partial charge in [0.25, 0.3) is 0 Å². The molecule has 4 nitrogen and oxygen atoms in total. The fourth-order valence-electron chi connectivity index (χ4n) is 2.62. The van der Waals surface area contributed by atoms with Gasteiger partial charge in [-0.3, -0.25) is 4.79 Å². The lowest BCUT2D eigenvalue weighted by atomic mass is 9.90. The van der Waals surface area contributed by atoms with Crippen molar-refractivity contribution in [1.82, 2.24) is 10.6 Å². The Kier molecular flexibility index (Phi) is 5.58. The lowest BCUT2D eigenvalue weighted by Gasteiger charge is -2.27. The zero-order valence-electron chi connectivity index (χ0n) is 14.8. The fraction of sp³-hybridized carbons (Fsp3) is 0.400. The van der Waals surface area contributed by atoms with Crippen LogP contribution in [-0.4, -0.2) is 18.0 Å². The second kappa shape index (κ2) is 7.46. The molecule has 0 radical (unpaired) electrons. The van der Waals surface area contributed by atoms with Crippen LogP contribution in [0.5, 0.6) is 0 Å². The summed E-state index contributed by atoms with van der Waals surface area (Å²) in [5, 5.41) is 17.7. The molecule has 0 aliphatic carbocycles. The van der Waals surface area contributed by atoms with Crippen LogP contribution in [0.1, 0.15) is 39.3 Å². The minimum Gasteiger partial charge on any atom is -0.337 e. The van der Waals surface area contributed by atoms with Gasteiger partial charge in [0.2, 0.25) is 5.91 Å². The van der Waals surface area contributed by atoms with E-state index < -0.39 is 5.54 Å². The Labute approximate surface area is 143 Å².